The highest BCUT2D eigenvalue weighted by atomic mass is 35.5. The third-order valence-electron chi connectivity index (χ3n) is 3.97. The summed E-state index contributed by atoms with van der Waals surface area (Å²) in [6, 6.07) is 4.31. The van der Waals surface area contributed by atoms with Gasteiger partial charge in [0.1, 0.15) is 5.82 Å². The Morgan fingerprint density at radius 2 is 2.05 bits per heavy atom. The Kier molecular flexibility index (Phi) is 6.26. The molecule has 7 heteroatoms. The Morgan fingerprint density at radius 1 is 1.41 bits per heavy atom. The van der Waals surface area contributed by atoms with Crippen LogP contribution < -0.4 is 5.73 Å². The average Bonchev–Trinajstić information content (AvgIpc) is 2.46. The van der Waals surface area contributed by atoms with Crippen LogP contribution in [0.15, 0.2) is 24.3 Å². The van der Waals surface area contributed by atoms with E-state index in [4.69, 9.17) is 5.73 Å². The van der Waals surface area contributed by atoms with Crippen LogP contribution in [-0.2, 0) is 10.7 Å². The molecule has 0 radical (unpaired) electrons. The topological polar surface area (TPSA) is 46.3 Å². The summed E-state index contributed by atoms with van der Waals surface area (Å²) >= 11 is 0. The number of rotatable bonds is 3. The summed E-state index contributed by atoms with van der Waals surface area (Å²) in [6.07, 6.45) is 1.44. The summed E-state index contributed by atoms with van der Waals surface area (Å²) in [5.74, 6) is -6.28. The Labute approximate surface area is 134 Å². The van der Waals surface area contributed by atoms with Gasteiger partial charge in [-0.15, -0.1) is 12.4 Å². The highest BCUT2D eigenvalue weighted by Crippen LogP contribution is 2.33. The van der Waals surface area contributed by atoms with Gasteiger partial charge in [-0.2, -0.15) is 8.78 Å². The number of benzene rings is 1. The molecule has 1 aromatic carbocycles. The number of carbonyl (C=O) groups excluding carboxylic acids is 1. The summed E-state index contributed by atoms with van der Waals surface area (Å²) in [6.45, 7) is 2.25. The van der Waals surface area contributed by atoms with Gasteiger partial charge in [-0.05, 0) is 37.8 Å². The molecule has 1 fully saturated rings. The molecule has 1 aliphatic rings. The number of nitrogens with zero attached hydrogens (tertiary/aromatic N) is 1. The number of hydrogen-bond acceptors (Lipinski definition) is 2. The van der Waals surface area contributed by atoms with Gasteiger partial charge < -0.3 is 10.6 Å². The standard InChI is InChI=1S/C15H19F3N2O.ClH/c1-10(19)11-5-4-8-20(9-11)14(21)15(17,18)12-6-2-3-7-13(12)16;/h2-3,6-7,10-11H,4-5,8-9,19H2,1H3;1H. The molecule has 1 amide bonds. The van der Waals surface area contributed by atoms with E-state index in [9.17, 15) is 18.0 Å². The van der Waals surface area contributed by atoms with Gasteiger partial charge in [-0.3, -0.25) is 4.79 Å². The Hall–Kier alpha value is -1.27. The average molecular weight is 337 g/mol. The van der Waals surface area contributed by atoms with Crippen LogP contribution >= 0.6 is 12.4 Å². The van der Waals surface area contributed by atoms with Gasteiger partial charge in [0.25, 0.3) is 5.91 Å². The molecule has 2 unspecified atom stereocenters. The molecule has 1 heterocycles. The summed E-state index contributed by atoms with van der Waals surface area (Å²) in [7, 11) is 0. The molecular weight excluding hydrogens is 317 g/mol. The third kappa shape index (κ3) is 3.73. The minimum absolute atomic E-state index is 0. The molecule has 1 aliphatic heterocycles. The van der Waals surface area contributed by atoms with Gasteiger partial charge >= 0.3 is 5.92 Å². The van der Waals surface area contributed by atoms with Crippen LogP contribution in [0.3, 0.4) is 0 Å². The summed E-state index contributed by atoms with van der Waals surface area (Å²) in [5.41, 5.74) is 4.91. The fourth-order valence-corrected chi connectivity index (χ4v) is 2.65. The van der Waals surface area contributed by atoms with Crippen LogP contribution in [0.2, 0.25) is 0 Å². The Morgan fingerprint density at radius 3 is 2.64 bits per heavy atom. The van der Waals surface area contributed by atoms with Gasteiger partial charge in [-0.25, -0.2) is 4.39 Å². The number of hydrogen-bond donors (Lipinski definition) is 1. The monoisotopic (exact) mass is 336 g/mol. The van der Waals surface area contributed by atoms with Gasteiger partial charge in [0.15, 0.2) is 0 Å². The molecule has 2 N–H and O–H groups in total. The lowest BCUT2D eigenvalue weighted by Crippen LogP contribution is -2.49. The predicted octanol–water partition coefficient (Wildman–Crippen LogP) is 2.93. The molecule has 3 nitrogen and oxygen atoms in total. The first-order valence-corrected chi connectivity index (χ1v) is 7.01. The van der Waals surface area contributed by atoms with Crippen LogP contribution in [0.5, 0.6) is 0 Å². The first-order chi connectivity index (χ1) is 9.84. The van der Waals surface area contributed by atoms with E-state index in [1.165, 1.54) is 12.1 Å². The predicted molar refractivity (Wildman–Crippen MR) is 80.5 cm³/mol. The van der Waals surface area contributed by atoms with E-state index >= 15 is 0 Å². The van der Waals surface area contributed by atoms with Crippen molar-refractivity contribution in [3.8, 4) is 0 Å². The van der Waals surface area contributed by atoms with E-state index in [-0.39, 0.29) is 37.5 Å². The van der Waals surface area contributed by atoms with Crippen molar-refractivity contribution in [2.24, 2.45) is 11.7 Å². The van der Waals surface area contributed by atoms with Crippen molar-refractivity contribution >= 4 is 18.3 Å². The Balaban J connectivity index is 0.00000242. The van der Waals surface area contributed by atoms with E-state index < -0.39 is 23.2 Å². The van der Waals surface area contributed by atoms with E-state index in [1.807, 2.05) is 0 Å². The molecule has 0 spiro atoms. The quantitative estimate of drug-likeness (QED) is 0.922. The lowest BCUT2D eigenvalue weighted by Gasteiger charge is -2.36. The van der Waals surface area contributed by atoms with Gasteiger partial charge in [-0.1, -0.05) is 12.1 Å². The van der Waals surface area contributed by atoms with Crippen molar-refractivity contribution < 1.29 is 18.0 Å². The minimum atomic E-state index is -3.86. The normalized spacial score (nSPS) is 20.2. The second kappa shape index (κ2) is 7.33. The molecule has 0 aromatic heterocycles. The van der Waals surface area contributed by atoms with Crippen molar-refractivity contribution in [1.82, 2.24) is 4.90 Å². The Bertz CT molecular complexity index is 525. The molecule has 0 bridgehead atoms. The molecule has 2 rings (SSSR count). The van der Waals surface area contributed by atoms with Crippen LogP contribution in [0, 0.1) is 11.7 Å². The van der Waals surface area contributed by atoms with E-state index in [0.717, 1.165) is 23.5 Å². The number of piperidine rings is 1. The SMILES string of the molecule is CC(N)C1CCCN(C(=O)C(F)(F)c2ccccc2F)C1.Cl. The van der Waals surface area contributed by atoms with Crippen molar-refractivity contribution in [2.45, 2.75) is 31.7 Å². The number of amides is 1. The van der Waals surface area contributed by atoms with Crippen molar-refractivity contribution in [3.05, 3.63) is 35.6 Å². The van der Waals surface area contributed by atoms with Crippen molar-refractivity contribution in [3.63, 3.8) is 0 Å². The van der Waals surface area contributed by atoms with Gasteiger partial charge in [0.05, 0.1) is 5.56 Å². The first kappa shape index (κ1) is 18.8. The molecule has 0 saturated carbocycles. The molecule has 1 aromatic rings. The lowest BCUT2D eigenvalue weighted by molar-refractivity contribution is -0.161. The maximum atomic E-state index is 14.3. The molecular formula is C15H20ClF3N2O. The van der Waals surface area contributed by atoms with Gasteiger partial charge in [0, 0.05) is 19.1 Å². The molecule has 124 valence electrons. The zero-order valence-electron chi connectivity index (χ0n) is 12.3. The smallest absolute Gasteiger partial charge is 0.337 e. The summed E-state index contributed by atoms with van der Waals surface area (Å²) < 4.78 is 42.1. The van der Waals surface area contributed by atoms with E-state index in [2.05, 4.69) is 0 Å². The fraction of sp³-hybridized carbons (Fsp3) is 0.533. The van der Waals surface area contributed by atoms with Crippen molar-refractivity contribution in [1.29, 1.82) is 0 Å². The molecule has 1 saturated heterocycles. The summed E-state index contributed by atoms with van der Waals surface area (Å²) in [5, 5.41) is 0. The number of halogens is 4. The number of carbonyl (C=O) groups is 1. The van der Waals surface area contributed by atoms with Crippen LogP contribution in [0.4, 0.5) is 13.2 Å². The lowest BCUT2D eigenvalue weighted by atomic mass is 9.91. The maximum Gasteiger partial charge on any atom is 0.352 e. The zero-order chi connectivity index (χ0) is 15.6. The van der Waals surface area contributed by atoms with Crippen LogP contribution in [-0.4, -0.2) is 29.9 Å². The molecule has 0 aliphatic carbocycles. The largest absolute Gasteiger partial charge is 0.352 e. The second-order valence-electron chi connectivity index (χ2n) is 5.57. The highest BCUT2D eigenvalue weighted by Gasteiger charge is 2.46. The zero-order valence-corrected chi connectivity index (χ0v) is 13.1. The second-order valence-corrected chi connectivity index (χ2v) is 5.57. The van der Waals surface area contributed by atoms with Crippen LogP contribution in [0.1, 0.15) is 25.3 Å². The van der Waals surface area contributed by atoms with Crippen molar-refractivity contribution in [2.75, 3.05) is 13.1 Å². The highest BCUT2D eigenvalue weighted by molar-refractivity contribution is 5.85. The fourth-order valence-electron chi connectivity index (χ4n) is 2.65. The molecule has 2 atom stereocenters. The van der Waals surface area contributed by atoms with Gasteiger partial charge in [0.2, 0.25) is 0 Å². The minimum Gasteiger partial charge on any atom is -0.337 e. The third-order valence-corrected chi connectivity index (χ3v) is 3.97. The van der Waals surface area contributed by atoms with E-state index in [0.29, 0.717) is 6.42 Å². The maximum absolute atomic E-state index is 14.3. The number of nitrogens with two attached hydrogens (primary N) is 1. The summed E-state index contributed by atoms with van der Waals surface area (Å²) in [4.78, 5) is 13.2. The molecule has 22 heavy (non-hydrogen) atoms. The number of likely N-dealkylation sites (tertiary alicyclic amines) is 1. The van der Waals surface area contributed by atoms with Crippen LogP contribution in [0.25, 0.3) is 0 Å². The number of alkyl halides is 2. The first-order valence-electron chi connectivity index (χ1n) is 7.01. The van der Waals surface area contributed by atoms with E-state index in [1.54, 1.807) is 6.92 Å².